The fraction of sp³-hybridized carbons (Fsp3) is 0.190. The molecular weight excluding hydrogens is 360 g/mol. The summed E-state index contributed by atoms with van der Waals surface area (Å²) in [6.07, 6.45) is 3.26. The molecule has 7 heteroatoms. The number of aromatic amines is 1. The zero-order valence-electron chi connectivity index (χ0n) is 15.8. The van der Waals surface area contributed by atoms with E-state index in [2.05, 4.69) is 9.97 Å². The molecule has 0 aliphatic heterocycles. The van der Waals surface area contributed by atoms with Crippen molar-refractivity contribution in [3.05, 3.63) is 76.9 Å². The van der Waals surface area contributed by atoms with Crippen LogP contribution in [0.3, 0.4) is 0 Å². The van der Waals surface area contributed by atoms with Crippen molar-refractivity contribution in [1.82, 2.24) is 9.97 Å². The SMILES string of the molecule is COC(=O)c1c(C)[nH]c(C(=O)OCc2ccccc2Oc2cccnc2)c1C. The minimum atomic E-state index is -0.563. The molecule has 28 heavy (non-hydrogen) atoms. The summed E-state index contributed by atoms with van der Waals surface area (Å²) in [7, 11) is 1.30. The monoisotopic (exact) mass is 380 g/mol. The zero-order valence-corrected chi connectivity index (χ0v) is 15.8. The van der Waals surface area contributed by atoms with Crippen molar-refractivity contribution in [1.29, 1.82) is 0 Å². The highest BCUT2D eigenvalue weighted by atomic mass is 16.5. The van der Waals surface area contributed by atoms with E-state index >= 15 is 0 Å². The van der Waals surface area contributed by atoms with Gasteiger partial charge in [0, 0.05) is 17.5 Å². The first-order valence-corrected chi connectivity index (χ1v) is 8.61. The second-order valence-electron chi connectivity index (χ2n) is 6.09. The van der Waals surface area contributed by atoms with Gasteiger partial charge >= 0.3 is 11.9 Å². The number of carbonyl (C=O) groups excluding carboxylic acids is 2. The van der Waals surface area contributed by atoms with Gasteiger partial charge in [-0.3, -0.25) is 4.98 Å². The molecule has 144 valence electrons. The molecule has 0 radical (unpaired) electrons. The molecule has 0 amide bonds. The van der Waals surface area contributed by atoms with Crippen molar-refractivity contribution in [3.63, 3.8) is 0 Å². The smallest absolute Gasteiger partial charge is 0.355 e. The van der Waals surface area contributed by atoms with Gasteiger partial charge in [0.05, 0.1) is 18.9 Å². The molecule has 0 fully saturated rings. The topological polar surface area (TPSA) is 90.5 Å². The number of ether oxygens (including phenoxy) is 3. The molecule has 0 aliphatic carbocycles. The molecule has 3 rings (SSSR count). The Bertz CT molecular complexity index is 995. The summed E-state index contributed by atoms with van der Waals surface area (Å²) in [6.45, 7) is 3.39. The fourth-order valence-corrected chi connectivity index (χ4v) is 2.83. The van der Waals surface area contributed by atoms with Crippen LogP contribution in [0, 0.1) is 13.8 Å². The number of benzene rings is 1. The van der Waals surface area contributed by atoms with E-state index < -0.39 is 11.9 Å². The Hall–Kier alpha value is -3.61. The number of rotatable bonds is 6. The summed E-state index contributed by atoms with van der Waals surface area (Å²) in [5.41, 5.74) is 2.32. The van der Waals surface area contributed by atoms with Crippen LogP contribution in [0.25, 0.3) is 0 Å². The highest BCUT2D eigenvalue weighted by Gasteiger charge is 2.23. The Labute approximate surface area is 162 Å². The average molecular weight is 380 g/mol. The van der Waals surface area contributed by atoms with Gasteiger partial charge in [0.15, 0.2) is 0 Å². The molecule has 0 atom stereocenters. The number of aryl methyl sites for hydroxylation is 1. The van der Waals surface area contributed by atoms with Crippen molar-refractivity contribution in [2.24, 2.45) is 0 Å². The molecule has 0 aliphatic rings. The van der Waals surface area contributed by atoms with E-state index in [4.69, 9.17) is 14.2 Å². The molecule has 0 saturated heterocycles. The van der Waals surface area contributed by atoms with Gasteiger partial charge in [0.2, 0.25) is 0 Å². The third-order valence-corrected chi connectivity index (χ3v) is 4.22. The first kappa shape index (κ1) is 19.2. The molecule has 0 saturated carbocycles. The van der Waals surface area contributed by atoms with Gasteiger partial charge in [-0.1, -0.05) is 18.2 Å². The molecule has 0 bridgehead atoms. The van der Waals surface area contributed by atoms with Crippen LogP contribution in [0.15, 0.2) is 48.8 Å². The van der Waals surface area contributed by atoms with E-state index in [1.807, 2.05) is 18.2 Å². The van der Waals surface area contributed by atoms with Crippen LogP contribution in [-0.2, 0) is 16.1 Å². The lowest BCUT2D eigenvalue weighted by Gasteiger charge is -2.11. The van der Waals surface area contributed by atoms with Crippen molar-refractivity contribution >= 4 is 11.9 Å². The Balaban J connectivity index is 1.75. The molecular formula is C21H20N2O5. The van der Waals surface area contributed by atoms with Crippen molar-refractivity contribution < 1.29 is 23.8 Å². The minimum Gasteiger partial charge on any atom is -0.465 e. The predicted molar refractivity (Wildman–Crippen MR) is 101 cm³/mol. The number of nitrogens with zero attached hydrogens (tertiary/aromatic N) is 1. The number of H-pyrrole nitrogens is 1. The lowest BCUT2D eigenvalue weighted by Crippen LogP contribution is -2.09. The lowest BCUT2D eigenvalue weighted by molar-refractivity contribution is 0.0463. The van der Waals surface area contributed by atoms with Gasteiger partial charge < -0.3 is 19.2 Å². The molecule has 3 aromatic rings. The lowest BCUT2D eigenvalue weighted by atomic mass is 10.1. The van der Waals surface area contributed by atoms with E-state index in [0.29, 0.717) is 33.9 Å². The van der Waals surface area contributed by atoms with Crippen LogP contribution in [-0.4, -0.2) is 29.0 Å². The highest BCUT2D eigenvalue weighted by molar-refractivity contribution is 5.98. The van der Waals surface area contributed by atoms with E-state index in [-0.39, 0.29) is 12.3 Å². The zero-order chi connectivity index (χ0) is 20.1. The summed E-state index contributed by atoms with van der Waals surface area (Å²) in [4.78, 5) is 31.3. The van der Waals surface area contributed by atoms with Crippen LogP contribution >= 0.6 is 0 Å². The molecule has 1 N–H and O–H groups in total. The largest absolute Gasteiger partial charge is 0.465 e. The Morgan fingerprint density at radius 3 is 2.57 bits per heavy atom. The maximum absolute atomic E-state index is 12.5. The van der Waals surface area contributed by atoms with Gasteiger partial charge in [0.1, 0.15) is 23.8 Å². The Kier molecular flexibility index (Phi) is 5.74. The van der Waals surface area contributed by atoms with Crippen molar-refractivity contribution in [2.45, 2.75) is 20.5 Å². The van der Waals surface area contributed by atoms with Gasteiger partial charge in [-0.2, -0.15) is 0 Å². The van der Waals surface area contributed by atoms with Gasteiger partial charge in [-0.25, -0.2) is 9.59 Å². The third kappa shape index (κ3) is 4.03. The van der Waals surface area contributed by atoms with E-state index in [1.165, 1.54) is 7.11 Å². The van der Waals surface area contributed by atoms with Crippen LogP contribution in [0.5, 0.6) is 11.5 Å². The molecule has 0 unspecified atom stereocenters. The molecule has 2 heterocycles. The summed E-state index contributed by atoms with van der Waals surface area (Å²) < 4.78 is 16.0. The number of carbonyl (C=O) groups is 2. The van der Waals surface area contributed by atoms with Crippen molar-refractivity contribution in [3.8, 4) is 11.5 Å². The number of hydrogen-bond acceptors (Lipinski definition) is 6. The second kappa shape index (κ2) is 8.39. The van der Waals surface area contributed by atoms with E-state index in [1.54, 1.807) is 44.4 Å². The quantitative estimate of drug-likeness (QED) is 0.651. The summed E-state index contributed by atoms with van der Waals surface area (Å²) in [5, 5.41) is 0. The van der Waals surface area contributed by atoms with Crippen LogP contribution in [0.4, 0.5) is 0 Å². The number of methoxy groups -OCH3 is 1. The van der Waals surface area contributed by atoms with E-state index in [9.17, 15) is 9.59 Å². The second-order valence-corrected chi connectivity index (χ2v) is 6.09. The van der Waals surface area contributed by atoms with Crippen LogP contribution in [0.2, 0.25) is 0 Å². The Morgan fingerprint density at radius 1 is 1.07 bits per heavy atom. The van der Waals surface area contributed by atoms with Crippen LogP contribution < -0.4 is 4.74 Å². The number of para-hydroxylation sites is 1. The number of nitrogens with one attached hydrogen (secondary N) is 1. The number of esters is 2. The first-order valence-electron chi connectivity index (χ1n) is 8.61. The standard InChI is InChI=1S/C21H20N2O5/c1-13-18(20(24)26-3)14(2)23-19(13)21(25)27-12-15-7-4-5-9-17(15)28-16-8-6-10-22-11-16/h4-11,23H,12H2,1-3H3. The number of hydrogen-bond donors (Lipinski definition) is 1. The summed E-state index contributed by atoms with van der Waals surface area (Å²) in [6, 6.07) is 10.8. The molecule has 0 spiro atoms. The molecule has 7 nitrogen and oxygen atoms in total. The molecule has 2 aromatic heterocycles. The maximum Gasteiger partial charge on any atom is 0.355 e. The third-order valence-electron chi connectivity index (χ3n) is 4.22. The summed E-state index contributed by atoms with van der Waals surface area (Å²) >= 11 is 0. The highest BCUT2D eigenvalue weighted by Crippen LogP contribution is 2.26. The van der Waals surface area contributed by atoms with Gasteiger partial charge in [0.25, 0.3) is 0 Å². The number of pyridine rings is 1. The van der Waals surface area contributed by atoms with E-state index in [0.717, 1.165) is 0 Å². The van der Waals surface area contributed by atoms with Crippen molar-refractivity contribution in [2.75, 3.05) is 7.11 Å². The van der Waals surface area contributed by atoms with Gasteiger partial charge in [-0.15, -0.1) is 0 Å². The van der Waals surface area contributed by atoms with Crippen LogP contribution in [0.1, 0.15) is 37.7 Å². The average Bonchev–Trinajstić information content (AvgIpc) is 3.01. The van der Waals surface area contributed by atoms with Gasteiger partial charge in [-0.05, 0) is 37.6 Å². The predicted octanol–water partition coefficient (Wildman–Crippen LogP) is 3.96. The summed E-state index contributed by atoms with van der Waals surface area (Å²) in [5.74, 6) is 0.0882. The fourth-order valence-electron chi connectivity index (χ4n) is 2.83. The first-order chi connectivity index (χ1) is 13.5. The molecule has 1 aromatic carbocycles. The minimum absolute atomic E-state index is 0.0142. The number of aromatic nitrogens is 2. The normalized spacial score (nSPS) is 10.4. The maximum atomic E-state index is 12.5. The Morgan fingerprint density at radius 2 is 1.86 bits per heavy atom.